The smallest absolute Gasteiger partial charge is 0.0540 e. The summed E-state index contributed by atoms with van der Waals surface area (Å²) in [7, 11) is 0. The van der Waals surface area contributed by atoms with Crippen molar-refractivity contribution in [3.8, 4) is 0 Å². The van der Waals surface area contributed by atoms with Gasteiger partial charge in [0.25, 0.3) is 0 Å². The van der Waals surface area contributed by atoms with Gasteiger partial charge in [0.1, 0.15) is 0 Å². The first kappa shape index (κ1) is 18.3. The number of rotatable bonds is 2. The summed E-state index contributed by atoms with van der Waals surface area (Å²) in [6, 6.07) is 0. The number of hydrogen-bond donors (Lipinski definition) is 1. The number of aliphatic hydroxyl groups is 1. The SMILES string of the molecule is C[C@H]1CC[C@@]2(C)[C@H](CC[C@@H]3[C@@H]2CC[C@]2(C)[C@@H]([C@H](C)[C@@H](C)O)CC[C@@H]32)C1. The standard InChI is InChI=1S/C24H42O/c1-15-10-12-23(4)18(14-15)6-7-19-21-9-8-20(16(2)17(3)25)24(21,5)13-11-22(19)23/h15-22,25H,6-14H2,1-5H3/t15-,16+,17+,18+,19-,20+,21-,22-,23-,24+/m0/s1. The van der Waals surface area contributed by atoms with Gasteiger partial charge in [0.15, 0.2) is 0 Å². The molecule has 25 heavy (non-hydrogen) atoms. The van der Waals surface area contributed by atoms with Crippen LogP contribution in [-0.2, 0) is 0 Å². The lowest BCUT2D eigenvalue weighted by Gasteiger charge is -2.61. The molecule has 0 unspecified atom stereocenters. The van der Waals surface area contributed by atoms with Gasteiger partial charge in [-0.15, -0.1) is 0 Å². The van der Waals surface area contributed by atoms with Crippen molar-refractivity contribution in [2.45, 2.75) is 98.5 Å². The molecule has 0 aromatic carbocycles. The van der Waals surface area contributed by atoms with Gasteiger partial charge in [0.2, 0.25) is 0 Å². The van der Waals surface area contributed by atoms with E-state index in [0.717, 1.165) is 35.5 Å². The van der Waals surface area contributed by atoms with E-state index in [0.29, 0.717) is 16.7 Å². The van der Waals surface area contributed by atoms with Crippen LogP contribution in [0.2, 0.25) is 0 Å². The second-order valence-electron chi connectivity index (χ2n) is 11.4. The Morgan fingerprint density at radius 1 is 0.840 bits per heavy atom. The molecule has 4 aliphatic carbocycles. The van der Waals surface area contributed by atoms with E-state index in [1.54, 1.807) is 0 Å². The Balaban J connectivity index is 1.58. The molecule has 4 saturated carbocycles. The highest BCUT2D eigenvalue weighted by atomic mass is 16.3. The largest absolute Gasteiger partial charge is 0.393 e. The van der Waals surface area contributed by atoms with E-state index in [1.807, 2.05) is 6.92 Å². The summed E-state index contributed by atoms with van der Waals surface area (Å²) in [5.74, 6) is 6.11. The summed E-state index contributed by atoms with van der Waals surface area (Å²) in [5.41, 5.74) is 1.15. The zero-order valence-electron chi connectivity index (χ0n) is 17.4. The van der Waals surface area contributed by atoms with Gasteiger partial charge in [-0.05, 0) is 111 Å². The molecule has 0 aromatic rings. The van der Waals surface area contributed by atoms with Gasteiger partial charge < -0.3 is 5.11 Å². The van der Waals surface area contributed by atoms with E-state index in [4.69, 9.17) is 0 Å². The lowest BCUT2D eigenvalue weighted by Crippen LogP contribution is -2.53. The number of fused-ring (bicyclic) bond motifs is 5. The monoisotopic (exact) mass is 346 g/mol. The van der Waals surface area contributed by atoms with Crippen molar-refractivity contribution in [3.05, 3.63) is 0 Å². The highest BCUT2D eigenvalue weighted by Gasteiger charge is 2.60. The van der Waals surface area contributed by atoms with Gasteiger partial charge >= 0.3 is 0 Å². The quantitative estimate of drug-likeness (QED) is 0.622. The minimum Gasteiger partial charge on any atom is -0.393 e. The lowest BCUT2D eigenvalue weighted by atomic mass is 9.44. The van der Waals surface area contributed by atoms with Crippen molar-refractivity contribution in [1.82, 2.24) is 0 Å². The molecule has 0 bridgehead atoms. The molecule has 4 rings (SSSR count). The lowest BCUT2D eigenvalue weighted by molar-refractivity contribution is -0.123. The molecule has 1 nitrogen and oxygen atoms in total. The van der Waals surface area contributed by atoms with Gasteiger partial charge in [-0.1, -0.05) is 34.1 Å². The van der Waals surface area contributed by atoms with Gasteiger partial charge in [-0.3, -0.25) is 0 Å². The van der Waals surface area contributed by atoms with Crippen LogP contribution in [0.1, 0.15) is 92.4 Å². The second kappa shape index (κ2) is 6.25. The summed E-state index contributed by atoms with van der Waals surface area (Å²) in [5, 5.41) is 10.2. The number of hydrogen-bond acceptors (Lipinski definition) is 1. The van der Waals surface area contributed by atoms with E-state index >= 15 is 0 Å². The zero-order valence-corrected chi connectivity index (χ0v) is 17.4. The molecule has 0 amide bonds. The molecule has 4 fully saturated rings. The predicted octanol–water partition coefficient (Wildman–Crippen LogP) is 6.30. The highest BCUT2D eigenvalue weighted by Crippen LogP contribution is 2.68. The molecule has 1 N–H and O–H groups in total. The Kier molecular flexibility index (Phi) is 4.58. The number of aliphatic hydroxyl groups excluding tert-OH is 1. The van der Waals surface area contributed by atoms with Crippen molar-refractivity contribution < 1.29 is 5.11 Å². The van der Waals surface area contributed by atoms with E-state index in [1.165, 1.54) is 57.8 Å². The first-order valence-electron chi connectivity index (χ1n) is 11.5. The third-order valence-corrected chi connectivity index (χ3v) is 10.4. The summed E-state index contributed by atoms with van der Waals surface area (Å²) < 4.78 is 0. The Labute approximate surface area is 156 Å². The van der Waals surface area contributed by atoms with Crippen molar-refractivity contribution in [3.63, 3.8) is 0 Å². The first-order valence-corrected chi connectivity index (χ1v) is 11.5. The fraction of sp³-hybridized carbons (Fsp3) is 1.00. The van der Waals surface area contributed by atoms with Crippen LogP contribution in [-0.4, -0.2) is 11.2 Å². The fourth-order valence-corrected chi connectivity index (χ4v) is 8.71. The van der Waals surface area contributed by atoms with Crippen LogP contribution in [0.3, 0.4) is 0 Å². The second-order valence-corrected chi connectivity index (χ2v) is 11.4. The maximum atomic E-state index is 10.2. The Bertz CT molecular complexity index is 498. The maximum Gasteiger partial charge on any atom is 0.0540 e. The average Bonchev–Trinajstić information content (AvgIpc) is 2.92. The predicted molar refractivity (Wildman–Crippen MR) is 105 cm³/mol. The molecule has 144 valence electrons. The molecule has 0 heterocycles. The van der Waals surface area contributed by atoms with Crippen LogP contribution in [0, 0.1) is 52.3 Å². The van der Waals surface area contributed by atoms with Crippen LogP contribution < -0.4 is 0 Å². The van der Waals surface area contributed by atoms with Crippen LogP contribution in [0.25, 0.3) is 0 Å². The molecule has 4 aliphatic rings. The van der Waals surface area contributed by atoms with E-state index in [-0.39, 0.29) is 6.10 Å². The van der Waals surface area contributed by atoms with E-state index in [2.05, 4.69) is 27.7 Å². The van der Waals surface area contributed by atoms with Crippen molar-refractivity contribution >= 4 is 0 Å². The maximum absolute atomic E-state index is 10.2. The zero-order chi connectivity index (χ0) is 18.0. The van der Waals surface area contributed by atoms with Crippen molar-refractivity contribution in [2.24, 2.45) is 52.3 Å². The topological polar surface area (TPSA) is 20.2 Å². The Morgan fingerprint density at radius 3 is 2.24 bits per heavy atom. The molecular weight excluding hydrogens is 304 g/mol. The molecule has 0 saturated heterocycles. The minimum absolute atomic E-state index is 0.147. The van der Waals surface area contributed by atoms with Crippen molar-refractivity contribution in [2.75, 3.05) is 0 Å². The summed E-state index contributed by atoms with van der Waals surface area (Å²) in [6.07, 6.45) is 13.1. The third kappa shape index (κ3) is 2.66. The summed E-state index contributed by atoms with van der Waals surface area (Å²) >= 11 is 0. The molecule has 10 atom stereocenters. The van der Waals surface area contributed by atoms with E-state index < -0.39 is 0 Å². The molecule has 1 heteroatoms. The van der Waals surface area contributed by atoms with Gasteiger partial charge in [0.05, 0.1) is 6.10 Å². The molecular formula is C24H42O. The van der Waals surface area contributed by atoms with Gasteiger partial charge in [-0.2, -0.15) is 0 Å². The Hall–Kier alpha value is -0.0400. The Morgan fingerprint density at radius 2 is 1.52 bits per heavy atom. The molecule has 0 aromatic heterocycles. The molecule has 0 aliphatic heterocycles. The average molecular weight is 347 g/mol. The normalized spacial score (nSPS) is 55.0. The van der Waals surface area contributed by atoms with Gasteiger partial charge in [0, 0.05) is 0 Å². The van der Waals surface area contributed by atoms with Crippen LogP contribution in [0.5, 0.6) is 0 Å². The van der Waals surface area contributed by atoms with E-state index in [9.17, 15) is 5.11 Å². The molecule has 0 spiro atoms. The summed E-state index contributed by atoms with van der Waals surface area (Å²) in [6.45, 7) is 12.1. The third-order valence-electron chi connectivity index (χ3n) is 10.4. The van der Waals surface area contributed by atoms with Crippen molar-refractivity contribution in [1.29, 1.82) is 0 Å². The van der Waals surface area contributed by atoms with Crippen LogP contribution in [0.15, 0.2) is 0 Å². The fourth-order valence-electron chi connectivity index (χ4n) is 8.71. The molecule has 0 radical (unpaired) electrons. The van der Waals surface area contributed by atoms with Gasteiger partial charge in [-0.25, -0.2) is 0 Å². The highest BCUT2D eigenvalue weighted by molar-refractivity contribution is 5.09. The van der Waals surface area contributed by atoms with Crippen LogP contribution >= 0.6 is 0 Å². The summed E-state index contributed by atoms with van der Waals surface area (Å²) in [4.78, 5) is 0. The minimum atomic E-state index is -0.147. The first-order chi connectivity index (χ1) is 11.8. The van der Waals surface area contributed by atoms with Crippen LogP contribution in [0.4, 0.5) is 0 Å².